The van der Waals surface area contributed by atoms with Gasteiger partial charge in [0.1, 0.15) is 17.3 Å². The van der Waals surface area contributed by atoms with E-state index in [1.54, 1.807) is 19.4 Å². The molecule has 0 radical (unpaired) electrons. The second kappa shape index (κ2) is 5.89. The fourth-order valence-electron chi connectivity index (χ4n) is 2.13. The summed E-state index contributed by atoms with van der Waals surface area (Å²) in [6.45, 7) is 3.97. The van der Waals surface area contributed by atoms with E-state index in [2.05, 4.69) is 5.32 Å². The molecule has 1 heterocycles. The number of halogens is 1. The summed E-state index contributed by atoms with van der Waals surface area (Å²) in [5.74, 6) is 1.25. The lowest BCUT2D eigenvalue weighted by atomic mass is 10.1. The molecule has 4 heteroatoms. The third-order valence-corrected chi connectivity index (χ3v) is 3.13. The number of hydrogen-bond acceptors (Lipinski definition) is 3. The number of furan rings is 1. The van der Waals surface area contributed by atoms with Crippen LogP contribution in [0.15, 0.2) is 41.0 Å². The Labute approximate surface area is 112 Å². The smallest absolute Gasteiger partial charge is 0.123 e. The molecule has 0 saturated heterocycles. The van der Waals surface area contributed by atoms with E-state index in [0.717, 1.165) is 11.3 Å². The summed E-state index contributed by atoms with van der Waals surface area (Å²) >= 11 is 0. The van der Waals surface area contributed by atoms with Crippen molar-refractivity contribution >= 4 is 0 Å². The molecule has 3 nitrogen and oxygen atoms in total. The number of rotatable bonds is 5. The molecule has 0 aliphatic carbocycles. The zero-order valence-corrected chi connectivity index (χ0v) is 11.3. The van der Waals surface area contributed by atoms with Gasteiger partial charge < -0.3 is 14.5 Å². The highest BCUT2D eigenvalue weighted by atomic mass is 19.1. The van der Waals surface area contributed by atoms with Crippen LogP contribution in [-0.2, 0) is 0 Å². The number of nitrogens with one attached hydrogen (secondary N) is 1. The molecule has 2 unspecified atom stereocenters. The van der Waals surface area contributed by atoms with Crippen molar-refractivity contribution in [2.24, 2.45) is 0 Å². The lowest BCUT2D eigenvalue weighted by molar-refractivity contribution is 0.378. The number of hydrogen-bond donors (Lipinski definition) is 1. The van der Waals surface area contributed by atoms with Crippen molar-refractivity contribution in [2.45, 2.75) is 25.9 Å². The average Bonchev–Trinajstić information content (AvgIpc) is 2.92. The van der Waals surface area contributed by atoms with Crippen LogP contribution in [0.1, 0.15) is 37.3 Å². The quantitative estimate of drug-likeness (QED) is 0.890. The molecule has 1 aromatic carbocycles. The van der Waals surface area contributed by atoms with Gasteiger partial charge in [-0.25, -0.2) is 4.39 Å². The van der Waals surface area contributed by atoms with Crippen molar-refractivity contribution in [1.82, 2.24) is 5.32 Å². The maximum Gasteiger partial charge on any atom is 0.123 e. The summed E-state index contributed by atoms with van der Waals surface area (Å²) < 4.78 is 24.0. The van der Waals surface area contributed by atoms with Gasteiger partial charge in [0.15, 0.2) is 0 Å². The Bertz CT molecular complexity index is 525. The van der Waals surface area contributed by atoms with E-state index in [-0.39, 0.29) is 17.9 Å². The molecule has 0 aliphatic rings. The molecular formula is C15H18FNO2. The molecule has 1 aromatic heterocycles. The highest BCUT2D eigenvalue weighted by molar-refractivity contribution is 5.36. The molecule has 0 bridgehead atoms. The zero-order chi connectivity index (χ0) is 13.8. The fourth-order valence-corrected chi connectivity index (χ4v) is 2.13. The predicted octanol–water partition coefficient (Wildman–Crippen LogP) is 3.84. The van der Waals surface area contributed by atoms with Gasteiger partial charge in [-0.3, -0.25) is 0 Å². The van der Waals surface area contributed by atoms with Gasteiger partial charge in [-0.05, 0) is 44.2 Å². The van der Waals surface area contributed by atoms with Crippen molar-refractivity contribution in [1.29, 1.82) is 0 Å². The maximum atomic E-state index is 13.4. The minimum absolute atomic E-state index is 0.0398. The minimum atomic E-state index is -0.268. The predicted molar refractivity (Wildman–Crippen MR) is 71.6 cm³/mol. The normalized spacial score (nSPS) is 14.1. The number of ether oxygens (including phenoxy) is 1. The summed E-state index contributed by atoms with van der Waals surface area (Å²) in [5.41, 5.74) is 0.793. The van der Waals surface area contributed by atoms with Gasteiger partial charge in [0.2, 0.25) is 0 Å². The van der Waals surface area contributed by atoms with Crippen molar-refractivity contribution in [3.05, 3.63) is 53.7 Å². The van der Waals surface area contributed by atoms with E-state index in [4.69, 9.17) is 9.15 Å². The fraction of sp³-hybridized carbons (Fsp3) is 0.333. The van der Waals surface area contributed by atoms with Gasteiger partial charge in [0.25, 0.3) is 0 Å². The van der Waals surface area contributed by atoms with Gasteiger partial charge >= 0.3 is 0 Å². The van der Waals surface area contributed by atoms with Crippen LogP contribution in [0.5, 0.6) is 5.75 Å². The molecule has 2 atom stereocenters. The largest absolute Gasteiger partial charge is 0.496 e. The standard InChI is InChI=1S/C15H18FNO2/c1-10(17-11(2)14-5-4-8-19-14)13-9-12(16)6-7-15(13)18-3/h4-11,17H,1-3H3. The first-order valence-electron chi connectivity index (χ1n) is 6.24. The van der Waals surface area contributed by atoms with Crippen LogP contribution in [-0.4, -0.2) is 7.11 Å². The van der Waals surface area contributed by atoms with Gasteiger partial charge in [0.05, 0.1) is 19.4 Å². The molecule has 2 rings (SSSR count). The van der Waals surface area contributed by atoms with E-state index in [1.165, 1.54) is 12.1 Å². The zero-order valence-electron chi connectivity index (χ0n) is 11.3. The minimum Gasteiger partial charge on any atom is -0.496 e. The first-order valence-corrected chi connectivity index (χ1v) is 6.24. The van der Waals surface area contributed by atoms with Crippen molar-refractivity contribution in [3.8, 4) is 5.75 Å². The van der Waals surface area contributed by atoms with Crippen molar-refractivity contribution in [2.75, 3.05) is 7.11 Å². The number of benzene rings is 1. The SMILES string of the molecule is COc1ccc(F)cc1C(C)NC(C)c1ccco1. The third-order valence-electron chi connectivity index (χ3n) is 3.13. The Kier molecular flexibility index (Phi) is 4.22. The Morgan fingerprint density at radius 1 is 1.21 bits per heavy atom. The summed E-state index contributed by atoms with van der Waals surface area (Å²) in [7, 11) is 1.58. The van der Waals surface area contributed by atoms with Crippen LogP contribution in [0.2, 0.25) is 0 Å². The van der Waals surface area contributed by atoms with Crippen LogP contribution in [0.25, 0.3) is 0 Å². The molecule has 1 N–H and O–H groups in total. The van der Waals surface area contributed by atoms with Crippen LogP contribution in [0.3, 0.4) is 0 Å². The van der Waals surface area contributed by atoms with Gasteiger partial charge in [-0.2, -0.15) is 0 Å². The van der Waals surface area contributed by atoms with Gasteiger partial charge in [-0.15, -0.1) is 0 Å². The molecule has 0 spiro atoms. The van der Waals surface area contributed by atoms with E-state index in [9.17, 15) is 4.39 Å². The Balaban J connectivity index is 2.15. The van der Waals surface area contributed by atoms with E-state index in [1.807, 2.05) is 26.0 Å². The molecule has 2 aromatic rings. The first kappa shape index (κ1) is 13.6. The second-order valence-electron chi connectivity index (χ2n) is 4.51. The Morgan fingerprint density at radius 2 is 2.00 bits per heavy atom. The van der Waals surface area contributed by atoms with Crippen molar-refractivity contribution < 1.29 is 13.5 Å². The molecule has 102 valence electrons. The Hall–Kier alpha value is -1.81. The van der Waals surface area contributed by atoms with Crippen LogP contribution in [0.4, 0.5) is 4.39 Å². The topological polar surface area (TPSA) is 34.4 Å². The molecule has 0 amide bonds. The summed E-state index contributed by atoms with van der Waals surface area (Å²) in [5, 5.41) is 3.36. The summed E-state index contributed by atoms with van der Waals surface area (Å²) in [6.07, 6.45) is 1.64. The summed E-state index contributed by atoms with van der Waals surface area (Å²) in [6, 6.07) is 8.27. The maximum absolute atomic E-state index is 13.4. The molecule has 0 aliphatic heterocycles. The molecular weight excluding hydrogens is 245 g/mol. The van der Waals surface area contributed by atoms with E-state index >= 15 is 0 Å². The lowest BCUT2D eigenvalue weighted by Gasteiger charge is -2.21. The monoisotopic (exact) mass is 263 g/mol. The lowest BCUT2D eigenvalue weighted by Crippen LogP contribution is -2.22. The highest BCUT2D eigenvalue weighted by Crippen LogP contribution is 2.28. The molecule has 19 heavy (non-hydrogen) atoms. The van der Waals surface area contributed by atoms with Gasteiger partial charge in [-0.1, -0.05) is 0 Å². The molecule has 0 saturated carbocycles. The van der Waals surface area contributed by atoms with E-state index in [0.29, 0.717) is 5.75 Å². The summed E-state index contributed by atoms with van der Waals surface area (Å²) in [4.78, 5) is 0. The van der Waals surface area contributed by atoms with Crippen LogP contribution >= 0.6 is 0 Å². The first-order chi connectivity index (χ1) is 9.11. The van der Waals surface area contributed by atoms with Crippen LogP contribution in [0, 0.1) is 5.82 Å². The highest BCUT2D eigenvalue weighted by Gasteiger charge is 2.16. The second-order valence-corrected chi connectivity index (χ2v) is 4.51. The van der Waals surface area contributed by atoms with Crippen LogP contribution < -0.4 is 10.1 Å². The van der Waals surface area contributed by atoms with Crippen molar-refractivity contribution in [3.63, 3.8) is 0 Å². The number of methoxy groups -OCH3 is 1. The Morgan fingerprint density at radius 3 is 2.63 bits per heavy atom. The van der Waals surface area contributed by atoms with Gasteiger partial charge in [0, 0.05) is 11.6 Å². The molecule has 0 fully saturated rings. The third kappa shape index (κ3) is 3.15. The average molecular weight is 263 g/mol. The van der Waals surface area contributed by atoms with E-state index < -0.39 is 0 Å².